The van der Waals surface area contributed by atoms with Crippen LogP contribution in [0.3, 0.4) is 0 Å². The molecular formula is C13H17N3. The van der Waals surface area contributed by atoms with Crippen LogP contribution in [-0.4, -0.2) is 30.6 Å². The summed E-state index contributed by atoms with van der Waals surface area (Å²) in [6, 6.07) is 10.7. The minimum atomic E-state index is 0.681. The van der Waals surface area contributed by atoms with Crippen molar-refractivity contribution in [2.24, 2.45) is 0 Å². The smallest absolute Gasteiger partial charge is 0.0991 e. The van der Waals surface area contributed by atoms with Crippen molar-refractivity contribution in [3.63, 3.8) is 0 Å². The summed E-state index contributed by atoms with van der Waals surface area (Å²) in [5.41, 5.74) is 2.02. The van der Waals surface area contributed by atoms with Crippen molar-refractivity contribution in [3.05, 3.63) is 35.4 Å². The molecule has 1 aromatic rings. The molecule has 0 atom stereocenters. The van der Waals surface area contributed by atoms with Crippen LogP contribution in [0.25, 0.3) is 0 Å². The molecule has 0 saturated carbocycles. The van der Waals surface area contributed by atoms with Crippen molar-refractivity contribution < 1.29 is 0 Å². The van der Waals surface area contributed by atoms with Crippen molar-refractivity contribution in [1.29, 1.82) is 5.26 Å². The molecule has 1 aromatic carbocycles. The van der Waals surface area contributed by atoms with E-state index in [9.17, 15) is 0 Å². The molecular weight excluding hydrogens is 198 g/mol. The maximum absolute atomic E-state index is 8.72. The fraction of sp³-hybridized carbons (Fsp3) is 0.462. The first-order valence-corrected chi connectivity index (χ1v) is 5.77. The third-order valence-electron chi connectivity index (χ3n) is 3.15. The Morgan fingerprint density at radius 2 is 2.06 bits per heavy atom. The summed E-state index contributed by atoms with van der Waals surface area (Å²) in [7, 11) is 0. The molecule has 0 bridgehead atoms. The quantitative estimate of drug-likeness (QED) is 0.824. The second kappa shape index (κ2) is 5.11. The van der Waals surface area contributed by atoms with Gasteiger partial charge in [0.1, 0.15) is 0 Å². The molecule has 0 spiro atoms. The highest BCUT2D eigenvalue weighted by Gasteiger charge is 2.22. The Bertz CT molecular complexity index is 373. The van der Waals surface area contributed by atoms with Gasteiger partial charge in [0, 0.05) is 25.7 Å². The number of hydrogen-bond acceptors (Lipinski definition) is 3. The Labute approximate surface area is 96.7 Å². The fourth-order valence-corrected chi connectivity index (χ4v) is 1.95. The monoisotopic (exact) mass is 215 g/mol. The SMILES string of the molecule is CCN(Cc1ccc(C#N)cc1)C1CNC1. The molecule has 1 aliphatic heterocycles. The molecule has 1 N–H and O–H groups in total. The van der Waals surface area contributed by atoms with Crippen LogP contribution in [-0.2, 0) is 6.54 Å². The number of nitrogens with one attached hydrogen (secondary N) is 1. The molecule has 3 heteroatoms. The number of nitriles is 1. The standard InChI is InChI=1S/C13H17N3/c1-2-16(13-8-15-9-13)10-12-5-3-11(7-14)4-6-12/h3-6,13,15H,2,8-10H2,1H3. The average Bonchev–Trinajstić information content (AvgIpc) is 2.26. The lowest BCUT2D eigenvalue weighted by atomic mass is 10.1. The summed E-state index contributed by atoms with van der Waals surface area (Å²) in [5.74, 6) is 0. The van der Waals surface area contributed by atoms with Crippen molar-refractivity contribution >= 4 is 0 Å². The van der Waals surface area contributed by atoms with Gasteiger partial charge in [0.25, 0.3) is 0 Å². The van der Waals surface area contributed by atoms with E-state index in [0.717, 1.165) is 31.7 Å². The van der Waals surface area contributed by atoms with E-state index in [4.69, 9.17) is 5.26 Å². The van der Waals surface area contributed by atoms with Crippen LogP contribution >= 0.6 is 0 Å². The highest BCUT2D eigenvalue weighted by molar-refractivity contribution is 5.31. The van der Waals surface area contributed by atoms with E-state index in [2.05, 4.69) is 23.2 Å². The topological polar surface area (TPSA) is 39.1 Å². The zero-order valence-electron chi connectivity index (χ0n) is 9.61. The minimum absolute atomic E-state index is 0.681. The third-order valence-corrected chi connectivity index (χ3v) is 3.15. The lowest BCUT2D eigenvalue weighted by molar-refractivity contribution is 0.145. The second-order valence-corrected chi connectivity index (χ2v) is 4.18. The first-order chi connectivity index (χ1) is 7.83. The zero-order chi connectivity index (χ0) is 11.4. The van der Waals surface area contributed by atoms with Gasteiger partial charge in [-0.3, -0.25) is 4.90 Å². The summed E-state index contributed by atoms with van der Waals surface area (Å²) in [6.07, 6.45) is 0. The van der Waals surface area contributed by atoms with E-state index >= 15 is 0 Å². The van der Waals surface area contributed by atoms with Crippen LogP contribution in [0.15, 0.2) is 24.3 Å². The van der Waals surface area contributed by atoms with Gasteiger partial charge in [0.15, 0.2) is 0 Å². The van der Waals surface area contributed by atoms with Crippen LogP contribution in [0.1, 0.15) is 18.1 Å². The molecule has 0 radical (unpaired) electrons. The Morgan fingerprint density at radius 1 is 1.38 bits per heavy atom. The largest absolute Gasteiger partial charge is 0.314 e. The third kappa shape index (κ3) is 2.41. The zero-order valence-corrected chi connectivity index (χ0v) is 9.61. The molecule has 1 heterocycles. The number of benzene rings is 1. The fourth-order valence-electron chi connectivity index (χ4n) is 1.95. The lowest BCUT2D eigenvalue weighted by Crippen LogP contribution is -2.56. The summed E-state index contributed by atoms with van der Waals surface area (Å²) in [4.78, 5) is 2.47. The van der Waals surface area contributed by atoms with Crippen LogP contribution in [0.5, 0.6) is 0 Å². The normalized spacial score (nSPS) is 15.8. The average molecular weight is 215 g/mol. The molecule has 3 nitrogen and oxygen atoms in total. The molecule has 1 aliphatic rings. The highest BCUT2D eigenvalue weighted by Crippen LogP contribution is 2.11. The minimum Gasteiger partial charge on any atom is -0.314 e. The second-order valence-electron chi connectivity index (χ2n) is 4.18. The summed E-state index contributed by atoms with van der Waals surface area (Å²) in [5, 5.41) is 12.0. The molecule has 0 amide bonds. The van der Waals surface area contributed by atoms with E-state index in [1.54, 1.807) is 0 Å². The molecule has 0 aromatic heterocycles. The van der Waals surface area contributed by atoms with Gasteiger partial charge < -0.3 is 5.32 Å². The highest BCUT2D eigenvalue weighted by atomic mass is 15.2. The van der Waals surface area contributed by atoms with Crippen LogP contribution < -0.4 is 5.32 Å². The molecule has 16 heavy (non-hydrogen) atoms. The summed E-state index contributed by atoms with van der Waals surface area (Å²) < 4.78 is 0. The molecule has 0 aliphatic carbocycles. The number of likely N-dealkylation sites (N-methyl/N-ethyl adjacent to an activating group) is 1. The van der Waals surface area contributed by atoms with Gasteiger partial charge in [-0.15, -0.1) is 0 Å². The lowest BCUT2D eigenvalue weighted by Gasteiger charge is -2.37. The molecule has 0 unspecified atom stereocenters. The predicted molar refractivity (Wildman–Crippen MR) is 63.9 cm³/mol. The van der Waals surface area contributed by atoms with Crippen LogP contribution in [0.2, 0.25) is 0 Å². The number of nitrogens with zero attached hydrogens (tertiary/aromatic N) is 2. The van der Waals surface area contributed by atoms with Gasteiger partial charge in [-0.2, -0.15) is 5.26 Å². The van der Waals surface area contributed by atoms with E-state index in [-0.39, 0.29) is 0 Å². The van der Waals surface area contributed by atoms with Crippen molar-refractivity contribution in [3.8, 4) is 6.07 Å². The van der Waals surface area contributed by atoms with Gasteiger partial charge in [-0.05, 0) is 24.2 Å². The van der Waals surface area contributed by atoms with E-state index < -0.39 is 0 Å². The van der Waals surface area contributed by atoms with Gasteiger partial charge >= 0.3 is 0 Å². The maximum Gasteiger partial charge on any atom is 0.0991 e. The Balaban J connectivity index is 1.98. The first-order valence-electron chi connectivity index (χ1n) is 5.77. The van der Waals surface area contributed by atoms with Crippen LogP contribution in [0.4, 0.5) is 0 Å². The molecule has 1 saturated heterocycles. The van der Waals surface area contributed by atoms with Gasteiger partial charge in [0.2, 0.25) is 0 Å². The van der Waals surface area contributed by atoms with E-state index in [1.807, 2.05) is 24.3 Å². The maximum atomic E-state index is 8.72. The van der Waals surface area contributed by atoms with Crippen LogP contribution in [0, 0.1) is 11.3 Å². The summed E-state index contributed by atoms with van der Waals surface area (Å²) in [6.45, 7) is 6.46. The Hall–Kier alpha value is -1.37. The first kappa shape index (κ1) is 11.1. The summed E-state index contributed by atoms with van der Waals surface area (Å²) >= 11 is 0. The van der Waals surface area contributed by atoms with E-state index in [1.165, 1.54) is 5.56 Å². The van der Waals surface area contributed by atoms with Crippen molar-refractivity contribution in [2.45, 2.75) is 19.5 Å². The van der Waals surface area contributed by atoms with Gasteiger partial charge in [-0.1, -0.05) is 19.1 Å². The number of rotatable bonds is 4. The van der Waals surface area contributed by atoms with Gasteiger partial charge in [0.05, 0.1) is 11.6 Å². The van der Waals surface area contributed by atoms with E-state index in [0.29, 0.717) is 6.04 Å². The van der Waals surface area contributed by atoms with Crippen molar-refractivity contribution in [2.75, 3.05) is 19.6 Å². The Morgan fingerprint density at radius 3 is 2.50 bits per heavy atom. The predicted octanol–water partition coefficient (Wildman–Crippen LogP) is 1.35. The molecule has 84 valence electrons. The molecule has 1 fully saturated rings. The van der Waals surface area contributed by atoms with Crippen molar-refractivity contribution in [1.82, 2.24) is 10.2 Å². The number of hydrogen-bond donors (Lipinski definition) is 1. The van der Waals surface area contributed by atoms with Gasteiger partial charge in [-0.25, -0.2) is 0 Å². The Kier molecular flexibility index (Phi) is 3.55. The molecule has 2 rings (SSSR count).